The molecule has 0 aromatic carbocycles. The number of hydrogen-bond donors (Lipinski definition) is 2. The van der Waals surface area contributed by atoms with Crippen LogP contribution in [0.3, 0.4) is 0 Å². The largest absolute Gasteiger partial charge is 0.480 e. The monoisotopic (exact) mass is 309 g/mol. The van der Waals surface area contributed by atoms with Gasteiger partial charge in [0.05, 0.1) is 0 Å². The summed E-state index contributed by atoms with van der Waals surface area (Å²) in [7, 11) is 1.38. The normalized spacial score (nSPS) is 13.0. The molecule has 0 aliphatic rings. The SMILES string of the molecule is COCCC(NC(=O)Cn1ccc(C(F)(F)F)n1)C(=O)O. The minimum Gasteiger partial charge on any atom is -0.480 e. The molecule has 0 radical (unpaired) electrons. The molecule has 1 rings (SSSR count). The number of methoxy groups -OCH3 is 1. The van der Waals surface area contributed by atoms with Crippen LogP contribution in [-0.2, 0) is 27.0 Å². The zero-order chi connectivity index (χ0) is 16.0. The van der Waals surface area contributed by atoms with Crippen molar-refractivity contribution >= 4 is 11.9 Å². The lowest BCUT2D eigenvalue weighted by atomic mass is 10.2. The van der Waals surface area contributed by atoms with E-state index in [4.69, 9.17) is 9.84 Å². The second-order valence-corrected chi connectivity index (χ2v) is 4.14. The highest BCUT2D eigenvalue weighted by Crippen LogP contribution is 2.27. The molecule has 0 fully saturated rings. The number of carbonyl (C=O) groups is 2. The summed E-state index contributed by atoms with van der Waals surface area (Å²) in [6, 6.07) is -0.442. The summed E-state index contributed by atoms with van der Waals surface area (Å²) in [6.07, 6.45) is -3.55. The summed E-state index contributed by atoms with van der Waals surface area (Å²) in [5.74, 6) is -2.01. The van der Waals surface area contributed by atoms with E-state index in [1.54, 1.807) is 0 Å². The number of rotatable bonds is 7. The number of carboxylic acids is 1. The quantitative estimate of drug-likeness (QED) is 0.765. The molecule has 0 bridgehead atoms. The molecule has 1 aromatic heterocycles. The van der Waals surface area contributed by atoms with E-state index in [0.717, 1.165) is 16.9 Å². The molecular weight excluding hydrogens is 295 g/mol. The Kier molecular flexibility index (Phi) is 5.70. The van der Waals surface area contributed by atoms with Gasteiger partial charge in [-0.15, -0.1) is 0 Å². The van der Waals surface area contributed by atoms with Crippen molar-refractivity contribution in [1.82, 2.24) is 15.1 Å². The van der Waals surface area contributed by atoms with Crippen LogP contribution in [-0.4, -0.2) is 46.5 Å². The van der Waals surface area contributed by atoms with Gasteiger partial charge < -0.3 is 15.2 Å². The van der Waals surface area contributed by atoms with E-state index >= 15 is 0 Å². The van der Waals surface area contributed by atoms with Gasteiger partial charge in [-0.25, -0.2) is 4.79 Å². The molecule has 1 aromatic rings. The van der Waals surface area contributed by atoms with Gasteiger partial charge in [0.2, 0.25) is 5.91 Å². The molecule has 2 N–H and O–H groups in total. The maximum absolute atomic E-state index is 12.3. The second kappa shape index (κ2) is 7.07. The minimum absolute atomic E-state index is 0.0461. The molecule has 0 saturated heterocycles. The fourth-order valence-corrected chi connectivity index (χ4v) is 1.48. The maximum Gasteiger partial charge on any atom is 0.435 e. The number of nitrogens with zero attached hydrogens (tertiary/aromatic N) is 2. The van der Waals surface area contributed by atoms with Gasteiger partial charge in [-0.2, -0.15) is 18.3 Å². The van der Waals surface area contributed by atoms with Gasteiger partial charge in [-0.1, -0.05) is 0 Å². The number of hydrogen-bond acceptors (Lipinski definition) is 4. The van der Waals surface area contributed by atoms with E-state index in [1.807, 2.05) is 0 Å². The van der Waals surface area contributed by atoms with Gasteiger partial charge in [0.1, 0.15) is 12.6 Å². The van der Waals surface area contributed by atoms with Crippen LogP contribution in [0.15, 0.2) is 12.3 Å². The first-order chi connectivity index (χ1) is 9.74. The van der Waals surface area contributed by atoms with E-state index in [0.29, 0.717) is 0 Å². The zero-order valence-electron chi connectivity index (χ0n) is 11.1. The first-order valence-corrected chi connectivity index (χ1v) is 5.85. The summed E-state index contributed by atoms with van der Waals surface area (Å²) in [5.41, 5.74) is -1.12. The Balaban J connectivity index is 2.60. The van der Waals surface area contributed by atoms with E-state index in [-0.39, 0.29) is 13.0 Å². The third kappa shape index (κ3) is 5.42. The highest BCUT2D eigenvalue weighted by molar-refractivity contribution is 5.83. The Morgan fingerprint density at radius 1 is 1.52 bits per heavy atom. The van der Waals surface area contributed by atoms with Crippen molar-refractivity contribution in [2.75, 3.05) is 13.7 Å². The summed E-state index contributed by atoms with van der Waals surface area (Å²) >= 11 is 0. The number of aliphatic carboxylic acids is 1. The van der Waals surface area contributed by atoms with Gasteiger partial charge in [-0.3, -0.25) is 9.48 Å². The van der Waals surface area contributed by atoms with Gasteiger partial charge in [-0.05, 0) is 6.07 Å². The van der Waals surface area contributed by atoms with Crippen LogP contribution in [0, 0.1) is 0 Å². The second-order valence-electron chi connectivity index (χ2n) is 4.14. The number of alkyl halides is 3. The highest BCUT2D eigenvalue weighted by atomic mass is 19.4. The number of carbonyl (C=O) groups excluding carboxylic acids is 1. The summed E-state index contributed by atoms with van der Waals surface area (Å²) in [5, 5.41) is 14.3. The van der Waals surface area contributed by atoms with Crippen molar-refractivity contribution in [2.45, 2.75) is 25.2 Å². The standard InChI is InChI=1S/C11H14F3N3O4/c1-21-5-3-7(10(19)20)15-9(18)6-17-4-2-8(16-17)11(12,13)14/h2,4,7H,3,5-6H2,1H3,(H,15,18)(H,19,20). The molecule has 7 nitrogen and oxygen atoms in total. The molecule has 118 valence electrons. The van der Waals surface area contributed by atoms with Crippen molar-refractivity contribution in [3.63, 3.8) is 0 Å². The van der Waals surface area contributed by atoms with Crippen molar-refractivity contribution in [3.05, 3.63) is 18.0 Å². The fraction of sp³-hybridized carbons (Fsp3) is 0.545. The molecule has 10 heteroatoms. The van der Waals surface area contributed by atoms with Crippen molar-refractivity contribution < 1.29 is 32.6 Å². The van der Waals surface area contributed by atoms with Gasteiger partial charge in [0.25, 0.3) is 0 Å². The molecule has 1 atom stereocenters. The van der Waals surface area contributed by atoms with Crippen LogP contribution in [0.5, 0.6) is 0 Å². The summed E-state index contributed by atoms with van der Waals surface area (Å²) in [6.45, 7) is -0.385. The van der Waals surface area contributed by atoms with Crippen molar-refractivity contribution in [2.24, 2.45) is 0 Å². The smallest absolute Gasteiger partial charge is 0.435 e. The number of nitrogens with one attached hydrogen (secondary N) is 1. The molecular formula is C11H14F3N3O4. The number of halogens is 3. The van der Waals surface area contributed by atoms with Crippen LogP contribution < -0.4 is 5.32 Å². The minimum atomic E-state index is -4.59. The third-order valence-electron chi connectivity index (χ3n) is 2.48. The predicted octanol–water partition coefficient (Wildman–Crippen LogP) is 0.508. The predicted molar refractivity (Wildman–Crippen MR) is 63.3 cm³/mol. The molecule has 1 heterocycles. The third-order valence-corrected chi connectivity index (χ3v) is 2.48. The maximum atomic E-state index is 12.3. The lowest BCUT2D eigenvalue weighted by Crippen LogP contribution is -2.43. The molecule has 1 unspecified atom stereocenters. The van der Waals surface area contributed by atoms with E-state index in [2.05, 4.69) is 10.4 Å². The van der Waals surface area contributed by atoms with Gasteiger partial charge in [0.15, 0.2) is 5.69 Å². The molecule has 0 saturated carbocycles. The van der Waals surface area contributed by atoms with Crippen LogP contribution >= 0.6 is 0 Å². The number of amides is 1. The Morgan fingerprint density at radius 2 is 2.19 bits per heavy atom. The summed E-state index contributed by atoms with van der Waals surface area (Å²) < 4.78 is 42.5. The van der Waals surface area contributed by atoms with Crippen molar-refractivity contribution in [3.8, 4) is 0 Å². The Morgan fingerprint density at radius 3 is 2.67 bits per heavy atom. The number of carboxylic acid groups (broad SMARTS) is 1. The summed E-state index contributed by atoms with van der Waals surface area (Å²) in [4.78, 5) is 22.5. The average Bonchev–Trinajstić information content (AvgIpc) is 2.82. The van der Waals surface area contributed by atoms with Crippen LogP contribution in [0.2, 0.25) is 0 Å². The van der Waals surface area contributed by atoms with Crippen LogP contribution in [0.4, 0.5) is 13.2 Å². The number of ether oxygens (including phenoxy) is 1. The van der Waals surface area contributed by atoms with Crippen LogP contribution in [0.25, 0.3) is 0 Å². The van der Waals surface area contributed by atoms with Gasteiger partial charge >= 0.3 is 12.1 Å². The van der Waals surface area contributed by atoms with E-state index in [9.17, 15) is 22.8 Å². The van der Waals surface area contributed by atoms with Crippen molar-refractivity contribution in [1.29, 1.82) is 0 Å². The Hall–Kier alpha value is -2.10. The highest BCUT2D eigenvalue weighted by Gasteiger charge is 2.33. The Labute approximate surface area is 117 Å². The number of aromatic nitrogens is 2. The van der Waals surface area contributed by atoms with E-state index in [1.165, 1.54) is 7.11 Å². The van der Waals surface area contributed by atoms with Gasteiger partial charge in [0, 0.05) is 26.3 Å². The molecule has 1 amide bonds. The topological polar surface area (TPSA) is 93.5 Å². The zero-order valence-corrected chi connectivity index (χ0v) is 11.1. The molecule has 0 spiro atoms. The molecule has 0 aliphatic heterocycles. The molecule has 0 aliphatic carbocycles. The Bertz CT molecular complexity index is 501. The van der Waals surface area contributed by atoms with Crippen LogP contribution in [0.1, 0.15) is 12.1 Å². The molecule has 21 heavy (non-hydrogen) atoms. The first-order valence-electron chi connectivity index (χ1n) is 5.85. The average molecular weight is 309 g/mol. The first kappa shape index (κ1) is 17.0. The van der Waals surface area contributed by atoms with E-state index < -0.39 is 36.3 Å². The fourth-order valence-electron chi connectivity index (χ4n) is 1.48. The lowest BCUT2D eigenvalue weighted by molar-refractivity contribution is -0.142. The lowest BCUT2D eigenvalue weighted by Gasteiger charge is -2.14.